The highest BCUT2D eigenvalue weighted by atomic mass is 16.3. The predicted octanol–water partition coefficient (Wildman–Crippen LogP) is 3.11. The van der Waals surface area contributed by atoms with Crippen molar-refractivity contribution in [3.8, 4) is 28.1 Å². The van der Waals surface area contributed by atoms with Gasteiger partial charge in [0.15, 0.2) is 5.82 Å². The summed E-state index contributed by atoms with van der Waals surface area (Å²) in [6.45, 7) is 1.63. The van der Waals surface area contributed by atoms with E-state index >= 15 is 0 Å². The van der Waals surface area contributed by atoms with Gasteiger partial charge in [0.05, 0.1) is 18.4 Å². The van der Waals surface area contributed by atoms with Crippen LogP contribution >= 0.6 is 0 Å². The minimum Gasteiger partial charge on any atom is -0.507 e. The number of hydrogen-bond acceptors (Lipinski definition) is 6. The van der Waals surface area contributed by atoms with Gasteiger partial charge in [-0.15, -0.1) is 10.2 Å². The molecule has 0 radical (unpaired) electrons. The highest BCUT2D eigenvalue weighted by Gasteiger charge is 2.12. The van der Waals surface area contributed by atoms with Crippen LogP contribution in [0.15, 0.2) is 67.0 Å². The summed E-state index contributed by atoms with van der Waals surface area (Å²) < 4.78 is 1.87. The molecule has 7 heteroatoms. The van der Waals surface area contributed by atoms with Crippen LogP contribution in [0.25, 0.3) is 22.4 Å². The first-order chi connectivity index (χ1) is 14.6. The summed E-state index contributed by atoms with van der Waals surface area (Å²) >= 11 is 0. The van der Waals surface area contributed by atoms with Gasteiger partial charge in [-0.3, -0.25) is 4.68 Å². The average molecular weight is 400 g/mol. The Morgan fingerprint density at radius 3 is 2.53 bits per heavy atom. The number of nitrogens with two attached hydrogens (primary N) is 1. The third kappa shape index (κ3) is 4.31. The van der Waals surface area contributed by atoms with Crippen molar-refractivity contribution in [2.24, 2.45) is 0 Å². The Morgan fingerprint density at radius 2 is 1.77 bits per heavy atom. The summed E-state index contributed by atoms with van der Waals surface area (Å²) in [4.78, 5) is 0. The average Bonchev–Trinajstić information content (AvgIpc) is 3.22. The van der Waals surface area contributed by atoms with Crippen molar-refractivity contribution < 1.29 is 5.11 Å². The number of nitrogens with zero attached hydrogens (tertiary/aromatic N) is 4. The number of rotatable bonds is 7. The lowest BCUT2D eigenvalue weighted by Gasteiger charge is -2.07. The fraction of sp³-hybridized carbons (Fsp3) is 0.174. The molecule has 2 aromatic carbocycles. The Bertz CT molecular complexity index is 1140. The highest BCUT2D eigenvalue weighted by molar-refractivity contribution is 5.78. The molecule has 30 heavy (non-hydrogen) atoms. The first kappa shape index (κ1) is 19.6. The van der Waals surface area contributed by atoms with Crippen LogP contribution in [0.5, 0.6) is 5.75 Å². The van der Waals surface area contributed by atoms with Crippen LogP contribution in [0, 0.1) is 0 Å². The number of aromatic nitrogens is 4. The molecule has 0 aliphatic carbocycles. The first-order valence-corrected chi connectivity index (χ1v) is 9.81. The molecule has 0 bridgehead atoms. The van der Waals surface area contributed by atoms with E-state index in [4.69, 9.17) is 5.73 Å². The second-order valence-corrected chi connectivity index (χ2v) is 7.14. The third-order valence-electron chi connectivity index (χ3n) is 4.98. The minimum atomic E-state index is 0.149. The summed E-state index contributed by atoms with van der Waals surface area (Å²) in [5, 5.41) is 26.0. The molecule has 0 saturated heterocycles. The van der Waals surface area contributed by atoms with Gasteiger partial charge in [-0.25, -0.2) is 0 Å². The minimum absolute atomic E-state index is 0.149. The van der Waals surface area contributed by atoms with E-state index in [1.54, 1.807) is 24.4 Å². The molecule has 0 unspecified atom stereocenters. The van der Waals surface area contributed by atoms with E-state index in [1.165, 1.54) is 11.1 Å². The molecule has 0 aliphatic heterocycles. The van der Waals surface area contributed by atoms with Crippen LogP contribution in [-0.2, 0) is 13.0 Å². The van der Waals surface area contributed by atoms with Crippen LogP contribution in [0.4, 0.5) is 5.82 Å². The second kappa shape index (κ2) is 8.75. The van der Waals surface area contributed by atoms with E-state index in [0.29, 0.717) is 23.6 Å². The number of para-hydroxylation sites is 1. The maximum atomic E-state index is 10.1. The number of nitrogens with one attached hydrogen (secondary N) is 1. The number of phenolic OH excluding ortho intramolecular Hbond substituents is 1. The molecule has 0 atom stereocenters. The lowest BCUT2D eigenvalue weighted by atomic mass is 10.1. The first-order valence-electron chi connectivity index (χ1n) is 9.81. The molecule has 152 valence electrons. The summed E-state index contributed by atoms with van der Waals surface area (Å²) in [6.07, 6.45) is 4.72. The quantitative estimate of drug-likeness (QED) is 0.441. The zero-order chi connectivity index (χ0) is 20.9. The van der Waals surface area contributed by atoms with Crippen molar-refractivity contribution in [2.45, 2.75) is 13.0 Å². The summed E-state index contributed by atoms with van der Waals surface area (Å²) in [5.74, 6) is 0.471. The topological polar surface area (TPSA) is 102 Å². The Kier molecular flexibility index (Phi) is 5.72. The molecular formula is C23H24N6O. The molecule has 4 rings (SSSR count). The van der Waals surface area contributed by atoms with Gasteiger partial charge in [0.2, 0.25) is 0 Å². The number of aromatic hydroxyl groups is 1. The fourth-order valence-corrected chi connectivity index (χ4v) is 3.31. The van der Waals surface area contributed by atoms with Gasteiger partial charge >= 0.3 is 0 Å². The summed E-state index contributed by atoms with van der Waals surface area (Å²) in [6, 6.07) is 17.4. The highest BCUT2D eigenvalue weighted by Crippen LogP contribution is 2.31. The molecular weight excluding hydrogens is 376 g/mol. The molecule has 0 saturated carbocycles. The van der Waals surface area contributed by atoms with Crippen LogP contribution < -0.4 is 11.1 Å². The Labute approximate surface area is 175 Å². The number of benzene rings is 2. The van der Waals surface area contributed by atoms with Crippen LogP contribution in [-0.4, -0.2) is 38.7 Å². The fourth-order valence-electron chi connectivity index (χ4n) is 3.31. The number of hydrogen-bond donors (Lipinski definition) is 3. The van der Waals surface area contributed by atoms with Crippen molar-refractivity contribution in [1.29, 1.82) is 0 Å². The normalized spacial score (nSPS) is 11.0. The van der Waals surface area contributed by atoms with E-state index in [2.05, 4.69) is 44.9 Å². The number of phenols is 1. The third-order valence-corrected chi connectivity index (χ3v) is 4.98. The van der Waals surface area contributed by atoms with Crippen molar-refractivity contribution in [1.82, 2.24) is 25.3 Å². The van der Waals surface area contributed by atoms with Gasteiger partial charge in [0.1, 0.15) is 5.75 Å². The number of nitrogen functional groups attached to an aromatic ring is 1. The largest absolute Gasteiger partial charge is 0.507 e. The molecule has 0 spiro atoms. The SMILES string of the molecule is CNCCc1ccc(Cn2cc(-c3cc(-c4ccccc4O)nnc3N)cn2)cc1. The van der Waals surface area contributed by atoms with Crippen molar-refractivity contribution in [3.63, 3.8) is 0 Å². The van der Waals surface area contributed by atoms with E-state index < -0.39 is 0 Å². The number of anilines is 1. The molecule has 2 aromatic heterocycles. The van der Waals surface area contributed by atoms with Crippen molar-refractivity contribution >= 4 is 5.82 Å². The maximum absolute atomic E-state index is 10.1. The molecule has 0 fully saturated rings. The molecule has 2 heterocycles. The van der Waals surface area contributed by atoms with Gasteiger partial charge in [0, 0.05) is 22.9 Å². The van der Waals surface area contributed by atoms with Gasteiger partial charge in [-0.2, -0.15) is 5.10 Å². The molecule has 0 aliphatic rings. The number of likely N-dealkylation sites (N-methyl/N-ethyl adjacent to an activating group) is 1. The van der Waals surface area contributed by atoms with Gasteiger partial charge in [0.25, 0.3) is 0 Å². The van der Waals surface area contributed by atoms with E-state index in [9.17, 15) is 5.11 Å². The zero-order valence-corrected chi connectivity index (χ0v) is 16.8. The van der Waals surface area contributed by atoms with Crippen LogP contribution in [0.1, 0.15) is 11.1 Å². The smallest absolute Gasteiger partial charge is 0.154 e. The summed E-state index contributed by atoms with van der Waals surface area (Å²) in [5.41, 5.74) is 11.3. The van der Waals surface area contributed by atoms with E-state index in [1.807, 2.05) is 30.1 Å². The standard InChI is InChI=1S/C23H24N6O/c1-25-11-10-16-6-8-17(9-7-16)14-29-15-18(13-26-29)20-12-21(27-28-23(20)24)19-4-2-3-5-22(19)30/h2-9,12-13,15,25,30H,10-11,14H2,1H3,(H2,24,28). The second-order valence-electron chi connectivity index (χ2n) is 7.14. The summed E-state index contributed by atoms with van der Waals surface area (Å²) in [7, 11) is 1.96. The lowest BCUT2D eigenvalue weighted by Crippen LogP contribution is -2.10. The van der Waals surface area contributed by atoms with Crippen LogP contribution in [0.3, 0.4) is 0 Å². The Hall–Kier alpha value is -3.71. The lowest BCUT2D eigenvalue weighted by molar-refractivity contribution is 0.477. The molecule has 4 N–H and O–H groups in total. The maximum Gasteiger partial charge on any atom is 0.154 e. The zero-order valence-electron chi connectivity index (χ0n) is 16.8. The molecule has 7 nitrogen and oxygen atoms in total. The van der Waals surface area contributed by atoms with E-state index in [-0.39, 0.29) is 5.75 Å². The monoisotopic (exact) mass is 400 g/mol. The van der Waals surface area contributed by atoms with Crippen LogP contribution in [0.2, 0.25) is 0 Å². The van der Waals surface area contributed by atoms with Crippen molar-refractivity contribution in [2.75, 3.05) is 19.3 Å². The van der Waals surface area contributed by atoms with Gasteiger partial charge in [-0.1, -0.05) is 36.4 Å². The van der Waals surface area contributed by atoms with Gasteiger partial charge < -0.3 is 16.2 Å². The van der Waals surface area contributed by atoms with Crippen molar-refractivity contribution in [3.05, 3.63) is 78.1 Å². The predicted molar refractivity (Wildman–Crippen MR) is 118 cm³/mol. The molecule has 4 aromatic rings. The van der Waals surface area contributed by atoms with E-state index in [0.717, 1.165) is 24.1 Å². The Balaban J connectivity index is 1.55. The van der Waals surface area contributed by atoms with Gasteiger partial charge in [-0.05, 0) is 49.3 Å². The Morgan fingerprint density at radius 1 is 1.00 bits per heavy atom. The molecule has 0 amide bonds.